The van der Waals surface area contributed by atoms with Crippen molar-refractivity contribution in [3.8, 4) is 11.8 Å². The van der Waals surface area contributed by atoms with Crippen LogP contribution in [0.1, 0.15) is 36.7 Å². The van der Waals surface area contributed by atoms with Gasteiger partial charge >= 0.3 is 0 Å². The van der Waals surface area contributed by atoms with E-state index in [0.717, 1.165) is 6.07 Å². The summed E-state index contributed by atoms with van der Waals surface area (Å²) < 4.78 is 18.8. The van der Waals surface area contributed by atoms with E-state index in [9.17, 15) is 9.18 Å². The molecule has 0 spiro atoms. The third-order valence-electron chi connectivity index (χ3n) is 2.74. The summed E-state index contributed by atoms with van der Waals surface area (Å²) in [6, 6.07) is 3.77. The van der Waals surface area contributed by atoms with Crippen LogP contribution >= 0.6 is 0 Å². The SMILES string of the molecule is CCOC(C)(C)CNC(=O)c1cc(F)ccc1C#CCO. The minimum atomic E-state index is -0.515. The lowest BCUT2D eigenvalue weighted by Crippen LogP contribution is -2.40. The van der Waals surface area contributed by atoms with Crippen LogP contribution in [-0.2, 0) is 4.74 Å². The number of rotatable bonds is 5. The van der Waals surface area contributed by atoms with E-state index in [1.165, 1.54) is 12.1 Å². The van der Waals surface area contributed by atoms with Crippen molar-refractivity contribution in [2.24, 2.45) is 0 Å². The Hall–Kier alpha value is -1.90. The molecule has 0 aliphatic heterocycles. The predicted octanol–water partition coefficient (Wildman–Crippen LogP) is 1.71. The Bertz CT molecular complexity index is 558. The van der Waals surface area contributed by atoms with Gasteiger partial charge in [0, 0.05) is 18.7 Å². The highest BCUT2D eigenvalue weighted by molar-refractivity contribution is 5.96. The summed E-state index contributed by atoms with van der Waals surface area (Å²) in [5.41, 5.74) is 0.00899. The second-order valence-corrected chi connectivity index (χ2v) is 5.03. The monoisotopic (exact) mass is 293 g/mol. The van der Waals surface area contributed by atoms with Gasteiger partial charge in [-0.05, 0) is 39.0 Å². The number of ether oxygens (including phenoxy) is 1. The number of hydrogen-bond donors (Lipinski definition) is 2. The Morgan fingerprint density at radius 1 is 1.48 bits per heavy atom. The van der Waals surface area contributed by atoms with Gasteiger partial charge in [0.15, 0.2) is 0 Å². The molecule has 0 saturated carbocycles. The van der Waals surface area contributed by atoms with Crippen LogP contribution in [0.5, 0.6) is 0 Å². The Labute approximate surface area is 124 Å². The molecule has 0 fully saturated rings. The fourth-order valence-corrected chi connectivity index (χ4v) is 1.78. The first-order valence-corrected chi connectivity index (χ1v) is 6.71. The molecule has 0 unspecified atom stereocenters. The smallest absolute Gasteiger partial charge is 0.252 e. The Morgan fingerprint density at radius 2 is 2.19 bits per heavy atom. The average molecular weight is 293 g/mol. The predicted molar refractivity (Wildman–Crippen MR) is 78.4 cm³/mol. The summed E-state index contributed by atoms with van der Waals surface area (Å²) in [6.07, 6.45) is 0. The van der Waals surface area contributed by atoms with Crippen molar-refractivity contribution in [3.63, 3.8) is 0 Å². The molecule has 0 heterocycles. The topological polar surface area (TPSA) is 58.6 Å². The van der Waals surface area contributed by atoms with Crippen LogP contribution in [0.4, 0.5) is 4.39 Å². The molecule has 1 aromatic carbocycles. The van der Waals surface area contributed by atoms with Crippen LogP contribution < -0.4 is 5.32 Å². The van der Waals surface area contributed by atoms with Crippen molar-refractivity contribution in [2.75, 3.05) is 19.8 Å². The summed E-state index contributed by atoms with van der Waals surface area (Å²) in [5, 5.41) is 11.4. The van der Waals surface area contributed by atoms with Crippen molar-refractivity contribution in [3.05, 3.63) is 35.1 Å². The summed E-state index contributed by atoms with van der Waals surface area (Å²) in [7, 11) is 0. The molecule has 1 amide bonds. The highest BCUT2D eigenvalue weighted by Crippen LogP contribution is 2.12. The van der Waals surface area contributed by atoms with Crippen LogP contribution in [0.25, 0.3) is 0 Å². The van der Waals surface area contributed by atoms with Gasteiger partial charge in [-0.15, -0.1) is 0 Å². The van der Waals surface area contributed by atoms with Gasteiger partial charge in [0.05, 0.1) is 11.2 Å². The fraction of sp³-hybridized carbons (Fsp3) is 0.438. The normalized spacial score (nSPS) is 10.7. The maximum atomic E-state index is 13.3. The van der Waals surface area contributed by atoms with Crippen molar-refractivity contribution < 1.29 is 19.0 Å². The molecule has 4 nitrogen and oxygen atoms in total. The summed E-state index contributed by atoms with van der Waals surface area (Å²) in [6.45, 7) is 6.09. The largest absolute Gasteiger partial charge is 0.384 e. The van der Waals surface area contributed by atoms with E-state index < -0.39 is 17.3 Å². The molecule has 0 atom stereocenters. The van der Waals surface area contributed by atoms with E-state index in [-0.39, 0.29) is 12.2 Å². The number of aliphatic hydroxyl groups excluding tert-OH is 1. The van der Waals surface area contributed by atoms with Crippen molar-refractivity contribution >= 4 is 5.91 Å². The Morgan fingerprint density at radius 3 is 2.81 bits per heavy atom. The molecule has 1 rings (SSSR count). The van der Waals surface area contributed by atoms with Gasteiger partial charge in [-0.2, -0.15) is 0 Å². The highest BCUT2D eigenvalue weighted by Gasteiger charge is 2.20. The molecule has 0 aromatic heterocycles. The molecule has 2 N–H and O–H groups in total. The molecule has 0 aliphatic carbocycles. The maximum absolute atomic E-state index is 13.3. The van der Waals surface area contributed by atoms with Gasteiger partial charge in [0.2, 0.25) is 0 Å². The zero-order chi connectivity index (χ0) is 15.9. The average Bonchev–Trinajstić information content (AvgIpc) is 2.43. The zero-order valence-electron chi connectivity index (χ0n) is 12.5. The molecule has 114 valence electrons. The first kappa shape index (κ1) is 17.2. The van der Waals surface area contributed by atoms with Gasteiger partial charge in [-0.1, -0.05) is 11.8 Å². The van der Waals surface area contributed by atoms with Gasteiger partial charge < -0.3 is 15.2 Å². The number of carbonyl (C=O) groups excluding carboxylic acids is 1. The number of benzene rings is 1. The second kappa shape index (κ2) is 7.77. The van der Waals surface area contributed by atoms with E-state index in [1.807, 2.05) is 20.8 Å². The van der Waals surface area contributed by atoms with Crippen LogP contribution in [0.15, 0.2) is 18.2 Å². The Kier molecular flexibility index (Phi) is 6.35. The Balaban J connectivity index is 2.89. The maximum Gasteiger partial charge on any atom is 0.252 e. The molecule has 0 saturated heterocycles. The third kappa shape index (κ3) is 5.54. The lowest BCUT2D eigenvalue weighted by molar-refractivity contribution is -0.00815. The molecule has 0 bridgehead atoms. The molecule has 0 radical (unpaired) electrons. The van der Waals surface area contributed by atoms with Crippen molar-refractivity contribution in [1.29, 1.82) is 0 Å². The molecular weight excluding hydrogens is 273 g/mol. The van der Waals surface area contributed by atoms with Crippen LogP contribution in [-0.4, -0.2) is 36.4 Å². The number of hydrogen-bond acceptors (Lipinski definition) is 3. The molecule has 1 aromatic rings. The highest BCUT2D eigenvalue weighted by atomic mass is 19.1. The van der Waals surface area contributed by atoms with Crippen molar-refractivity contribution in [1.82, 2.24) is 5.32 Å². The number of amides is 1. The number of carbonyl (C=O) groups is 1. The zero-order valence-corrected chi connectivity index (χ0v) is 12.5. The van der Waals surface area contributed by atoms with E-state index >= 15 is 0 Å². The van der Waals surface area contributed by atoms with Crippen LogP contribution in [0.2, 0.25) is 0 Å². The van der Waals surface area contributed by atoms with Crippen LogP contribution in [0, 0.1) is 17.7 Å². The van der Waals surface area contributed by atoms with Gasteiger partial charge in [0.25, 0.3) is 5.91 Å². The first-order chi connectivity index (χ1) is 9.89. The number of aliphatic hydroxyl groups is 1. The fourth-order valence-electron chi connectivity index (χ4n) is 1.78. The number of halogens is 1. The summed E-state index contributed by atoms with van der Waals surface area (Å²) in [4.78, 5) is 12.2. The lowest BCUT2D eigenvalue weighted by Gasteiger charge is -2.25. The summed E-state index contributed by atoms with van der Waals surface area (Å²) >= 11 is 0. The summed E-state index contributed by atoms with van der Waals surface area (Å²) in [5.74, 6) is 4.14. The van der Waals surface area contributed by atoms with Gasteiger partial charge in [-0.3, -0.25) is 4.79 Å². The standard InChI is InChI=1S/C16H20FNO3/c1-4-21-16(2,3)11-18-15(20)14-10-13(17)8-7-12(14)6-5-9-19/h7-8,10,19H,4,9,11H2,1-3H3,(H,18,20). The van der Waals surface area contributed by atoms with E-state index in [4.69, 9.17) is 9.84 Å². The van der Waals surface area contributed by atoms with E-state index in [2.05, 4.69) is 17.2 Å². The quantitative estimate of drug-likeness (QED) is 0.813. The number of nitrogens with one attached hydrogen (secondary N) is 1. The van der Waals surface area contributed by atoms with E-state index in [0.29, 0.717) is 18.7 Å². The second-order valence-electron chi connectivity index (χ2n) is 5.03. The minimum Gasteiger partial charge on any atom is -0.384 e. The minimum absolute atomic E-state index is 0.142. The molecule has 21 heavy (non-hydrogen) atoms. The first-order valence-electron chi connectivity index (χ1n) is 6.71. The molecule has 5 heteroatoms. The molecular formula is C16H20FNO3. The van der Waals surface area contributed by atoms with E-state index in [1.54, 1.807) is 0 Å². The molecule has 0 aliphatic rings. The lowest BCUT2D eigenvalue weighted by atomic mass is 10.1. The van der Waals surface area contributed by atoms with Gasteiger partial charge in [-0.25, -0.2) is 4.39 Å². The van der Waals surface area contributed by atoms with Crippen molar-refractivity contribution in [2.45, 2.75) is 26.4 Å². The van der Waals surface area contributed by atoms with Gasteiger partial charge in [0.1, 0.15) is 12.4 Å². The third-order valence-corrected chi connectivity index (χ3v) is 2.74. The van der Waals surface area contributed by atoms with Crippen LogP contribution in [0.3, 0.4) is 0 Å².